The van der Waals surface area contributed by atoms with Crippen LogP contribution in [0.25, 0.3) is 0 Å². The Hall–Kier alpha value is -0.850. The maximum atomic E-state index is 11.4. The normalized spacial score (nSPS) is 37.1. The summed E-state index contributed by atoms with van der Waals surface area (Å²) in [5.74, 6) is 0. The molecule has 2 aliphatic heterocycles. The van der Waals surface area contributed by atoms with E-state index in [1.165, 1.54) is 0 Å². The summed E-state index contributed by atoms with van der Waals surface area (Å²) < 4.78 is 16.4. The molecule has 2 rings (SSSR count). The van der Waals surface area contributed by atoms with Gasteiger partial charge in [0.25, 0.3) is 0 Å². The third kappa shape index (κ3) is 2.14. The molecule has 2 saturated heterocycles. The Morgan fingerprint density at radius 1 is 1.38 bits per heavy atom. The molecule has 0 aromatic carbocycles. The highest BCUT2D eigenvalue weighted by atomic mass is 16.6. The highest BCUT2D eigenvalue weighted by molar-refractivity contribution is 5.74. The van der Waals surface area contributed by atoms with Crippen LogP contribution in [0.2, 0.25) is 0 Å². The Labute approximate surface area is 94.6 Å². The number of rotatable bonds is 3. The average molecular weight is 230 g/mol. The number of urea groups is 1. The number of carbonyl (C=O) groups excluding carboxylic acids is 1. The molecule has 4 unspecified atom stereocenters. The molecule has 2 fully saturated rings. The number of ether oxygens (including phenoxy) is 3. The van der Waals surface area contributed by atoms with Crippen molar-refractivity contribution < 1.29 is 19.0 Å². The van der Waals surface area contributed by atoms with Gasteiger partial charge in [0.2, 0.25) is 0 Å². The van der Waals surface area contributed by atoms with Crippen molar-refractivity contribution in [1.82, 2.24) is 10.6 Å². The second-order valence-corrected chi connectivity index (χ2v) is 3.98. The Morgan fingerprint density at radius 2 is 2.12 bits per heavy atom. The van der Waals surface area contributed by atoms with E-state index in [1.807, 2.05) is 6.92 Å². The summed E-state index contributed by atoms with van der Waals surface area (Å²) >= 11 is 0. The molecule has 0 spiro atoms. The standard InChI is InChI=1S/C10H18N2O4/c1-3-11-10(13)12-6-4-15-9-7(14-2)5-16-8(6)9/h6-9H,3-5H2,1-2H3,(H2,11,12,13). The van der Waals surface area contributed by atoms with Gasteiger partial charge in [-0.15, -0.1) is 0 Å². The zero-order chi connectivity index (χ0) is 11.5. The maximum Gasteiger partial charge on any atom is 0.315 e. The van der Waals surface area contributed by atoms with Crippen molar-refractivity contribution in [2.24, 2.45) is 0 Å². The fourth-order valence-corrected chi connectivity index (χ4v) is 2.17. The largest absolute Gasteiger partial charge is 0.376 e. The fourth-order valence-electron chi connectivity index (χ4n) is 2.17. The minimum atomic E-state index is -0.179. The Balaban J connectivity index is 1.87. The van der Waals surface area contributed by atoms with E-state index in [4.69, 9.17) is 14.2 Å². The van der Waals surface area contributed by atoms with E-state index in [1.54, 1.807) is 7.11 Å². The van der Waals surface area contributed by atoms with E-state index in [-0.39, 0.29) is 30.4 Å². The lowest BCUT2D eigenvalue weighted by Gasteiger charge is -2.17. The number of nitrogens with one attached hydrogen (secondary N) is 2. The van der Waals surface area contributed by atoms with Gasteiger partial charge in [0.15, 0.2) is 0 Å². The van der Waals surface area contributed by atoms with E-state index >= 15 is 0 Å². The highest BCUT2D eigenvalue weighted by Gasteiger charge is 2.48. The van der Waals surface area contributed by atoms with Crippen molar-refractivity contribution in [3.05, 3.63) is 0 Å². The van der Waals surface area contributed by atoms with Gasteiger partial charge in [0.05, 0.1) is 19.3 Å². The summed E-state index contributed by atoms with van der Waals surface area (Å²) in [7, 11) is 1.64. The summed E-state index contributed by atoms with van der Waals surface area (Å²) in [5, 5.41) is 5.53. The van der Waals surface area contributed by atoms with Crippen LogP contribution in [0.1, 0.15) is 6.92 Å². The van der Waals surface area contributed by atoms with Crippen LogP contribution in [0.15, 0.2) is 0 Å². The Kier molecular flexibility index (Phi) is 3.63. The molecule has 2 N–H and O–H groups in total. The van der Waals surface area contributed by atoms with Crippen LogP contribution in [0, 0.1) is 0 Å². The van der Waals surface area contributed by atoms with Crippen LogP contribution in [-0.4, -0.2) is 57.3 Å². The molecule has 0 aromatic rings. The minimum absolute atomic E-state index is 0.0222. The van der Waals surface area contributed by atoms with Gasteiger partial charge in [-0.1, -0.05) is 0 Å². The first-order valence-corrected chi connectivity index (χ1v) is 5.56. The van der Waals surface area contributed by atoms with Crippen molar-refractivity contribution in [2.45, 2.75) is 31.3 Å². The van der Waals surface area contributed by atoms with Gasteiger partial charge in [0, 0.05) is 13.7 Å². The SMILES string of the molecule is CCNC(=O)NC1COC2C(OC)COC12. The second kappa shape index (κ2) is 4.99. The van der Waals surface area contributed by atoms with E-state index in [0.717, 1.165) is 0 Å². The number of hydrogen-bond acceptors (Lipinski definition) is 4. The molecule has 0 aliphatic carbocycles. The Bertz CT molecular complexity index is 261. The third-order valence-electron chi connectivity index (χ3n) is 2.96. The molecular formula is C10H18N2O4. The lowest BCUT2D eigenvalue weighted by molar-refractivity contribution is -0.00807. The fraction of sp³-hybridized carbons (Fsp3) is 0.900. The maximum absolute atomic E-state index is 11.4. The average Bonchev–Trinajstić information content (AvgIpc) is 2.81. The van der Waals surface area contributed by atoms with E-state index in [2.05, 4.69) is 10.6 Å². The van der Waals surface area contributed by atoms with Gasteiger partial charge in [-0.3, -0.25) is 0 Å². The summed E-state index contributed by atoms with van der Waals surface area (Å²) in [5.41, 5.74) is 0. The lowest BCUT2D eigenvalue weighted by Crippen LogP contribution is -2.48. The van der Waals surface area contributed by atoms with E-state index in [9.17, 15) is 4.79 Å². The summed E-state index contributed by atoms with van der Waals surface area (Å²) in [4.78, 5) is 11.4. The summed E-state index contributed by atoms with van der Waals surface area (Å²) in [6, 6.07) is -0.266. The van der Waals surface area contributed by atoms with E-state index < -0.39 is 0 Å². The number of amides is 2. The molecule has 2 aliphatic rings. The number of carbonyl (C=O) groups is 1. The van der Waals surface area contributed by atoms with Crippen LogP contribution < -0.4 is 10.6 Å². The smallest absolute Gasteiger partial charge is 0.315 e. The molecule has 0 bridgehead atoms. The second-order valence-electron chi connectivity index (χ2n) is 3.98. The first-order valence-electron chi connectivity index (χ1n) is 5.56. The molecule has 0 saturated carbocycles. The molecular weight excluding hydrogens is 212 g/mol. The van der Waals surface area contributed by atoms with Crippen LogP contribution in [-0.2, 0) is 14.2 Å². The molecule has 16 heavy (non-hydrogen) atoms. The first-order chi connectivity index (χ1) is 7.76. The van der Waals surface area contributed by atoms with Gasteiger partial charge in [-0.25, -0.2) is 4.79 Å². The molecule has 6 heteroatoms. The number of methoxy groups -OCH3 is 1. The third-order valence-corrected chi connectivity index (χ3v) is 2.96. The highest BCUT2D eigenvalue weighted by Crippen LogP contribution is 2.28. The van der Waals surface area contributed by atoms with Gasteiger partial charge >= 0.3 is 6.03 Å². The molecule has 4 atom stereocenters. The molecule has 0 radical (unpaired) electrons. The van der Waals surface area contributed by atoms with Crippen molar-refractivity contribution >= 4 is 6.03 Å². The van der Waals surface area contributed by atoms with Gasteiger partial charge < -0.3 is 24.8 Å². The summed E-state index contributed by atoms with van der Waals surface area (Å²) in [6.07, 6.45) is -0.171. The molecule has 6 nitrogen and oxygen atoms in total. The van der Waals surface area contributed by atoms with Crippen LogP contribution >= 0.6 is 0 Å². The van der Waals surface area contributed by atoms with Crippen molar-refractivity contribution in [3.63, 3.8) is 0 Å². The number of fused-ring (bicyclic) bond motifs is 1. The molecule has 0 aromatic heterocycles. The molecule has 2 amide bonds. The van der Waals surface area contributed by atoms with Crippen LogP contribution in [0.4, 0.5) is 4.79 Å². The predicted octanol–water partition coefficient (Wildman–Crippen LogP) is -0.513. The molecule has 92 valence electrons. The van der Waals surface area contributed by atoms with Crippen LogP contribution in [0.5, 0.6) is 0 Å². The topological polar surface area (TPSA) is 68.8 Å². The molecule has 2 heterocycles. The van der Waals surface area contributed by atoms with Crippen molar-refractivity contribution in [2.75, 3.05) is 26.9 Å². The zero-order valence-corrected chi connectivity index (χ0v) is 9.56. The quantitative estimate of drug-likeness (QED) is 0.685. The lowest BCUT2D eigenvalue weighted by atomic mass is 10.1. The van der Waals surface area contributed by atoms with Crippen molar-refractivity contribution in [1.29, 1.82) is 0 Å². The van der Waals surface area contributed by atoms with Crippen molar-refractivity contribution in [3.8, 4) is 0 Å². The number of hydrogen-bond donors (Lipinski definition) is 2. The van der Waals surface area contributed by atoms with Gasteiger partial charge in [-0.05, 0) is 6.92 Å². The summed E-state index contributed by atoms with van der Waals surface area (Å²) in [6.45, 7) is 3.49. The zero-order valence-electron chi connectivity index (χ0n) is 9.56. The predicted molar refractivity (Wildman–Crippen MR) is 56.3 cm³/mol. The van der Waals surface area contributed by atoms with Gasteiger partial charge in [-0.2, -0.15) is 0 Å². The minimum Gasteiger partial charge on any atom is -0.376 e. The van der Waals surface area contributed by atoms with E-state index in [0.29, 0.717) is 19.8 Å². The van der Waals surface area contributed by atoms with Gasteiger partial charge in [0.1, 0.15) is 18.3 Å². The van der Waals surface area contributed by atoms with Crippen LogP contribution in [0.3, 0.4) is 0 Å². The first kappa shape index (κ1) is 11.6. The Morgan fingerprint density at radius 3 is 2.81 bits per heavy atom. The monoisotopic (exact) mass is 230 g/mol.